The summed E-state index contributed by atoms with van der Waals surface area (Å²) in [4.78, 5) is 12.9. The average Bonchev–Trinajstić information content (AvgIpc) is 2.73. The van der Waals surface area contributed by atoms with Crippen molar-refractivity contribution in [3.05, 3.63) is 53.6 Å². The van der Waals surface area contributed by atoms with E-state index in [2.05, 4.69) is 24.4 Å². The van der Waals surface area contributed by atoms with Crippen LogP contribution >= 0.6 is 0 Å². The van der Waals surface area contributed by atoms with E-state index in [1.165, 1.54) is 0 Å². The Bertz CT molecular complexity index is 821. The number of carbonyl (C=O) groups excluding carboxylic acids is 1. The summed E-state index contributed by atoms with van der Waals surface area (Å²) in [6.45, 7) is 11.2. The monoisotopic (exact) mass is 412 g/mol. The highest BCUT2D eigenvalue weighted by Crippen LogP contribution is 2.39. The quantitative estimate of drug-likeness (QED) is 0.414. The average molecular weight is 413 g/mol. The van der Waals surface area contributed by atoms with E-state index >= 15 is 0 Å². The Balaban J connectivity index is 2.35. The Morgan fingerprint density at radius 1 is 0.900 bits per heavy atom. The molecule has 6 heteroatoms. The molecule has 6 nitrogen and oxygen atoms in total. The number of benzene rings is 2. The van der Waals surface area contributed by atoms with Crippen LogP contribution in [0, 0.1) is 5.92 Å². The molecule has 2 aromatic carbocycles. The first-order valence-electron chi connectivity index (χ1n) is 10.5. The summed E-state index contributed by atoms with van der Waals surface area (Å²) >= 11 is 0. The number of carbonyl (C=O) groups is 1. The molecule has 0 saturated carbocycles. The molecule has 1 amide bonds. The van der Waals surface area contributed by atoms with Gasteiger partial charge in [0.2, 0.25) is 5.75 Å². The van der Waals surface area contributed by atoms with E-state index in [1.807, 2.05) is 51.1 Å². The minimum Gasteiger partial charge on any atom is -0.490 e. The van der Waals surface area contributed by atoms with Crippen LogP contribution in [0.2, 0.25) is 0 Å². The molecular formula is C24H32N2O4. The molecular weight excluding hydrogens is 380 g/mol. The highest BCUT2D eigenvalue weighted by atomic mass is 16.5. The van der Waals surface area contributed by atoms with Gasteiger partial charge in [-0.25, -0.2) is 5.43 Å². The zero-order valence-electron chi connectivity index (χ0n) is 18.5. The Morgan fingerprint density at radius 2 is 1.47 bits per heavy atom. The fourth-order valence-electron chi connectivity index (χ4n) is 2.95. The second-order valence-electron chi connectivity index (χ2n) is 7.06. The van der Waals surface area contributed by atoms with Crippen molar-refractivity contribution < 1.29 is 19.0 Å². The fourth-order valence-corrected chi connectivity index (χ4v) is 2.95. The molecule has 0 radical (unpaired) electrons. The van der Waals surface area contributed by atoms with E-state index in [1.54, 1.807) is 12.1 Å². The van der Waals surface area contributed by atoms with Crippen LogP contribution in [0.3, 0.4) is 0 Å². The molecule has 0 spiro atoms. The van der Waals surface area contributed by atoms with Crippen LogP contribution in [0.1, 0.15) is 57.0 Å². The van der Waals surface area contributed by atoms with Crippen LogP contribution in [-0.4, -0.2) is 31.4 Å². The van der Waals surface area contributed by atoms with Crippen molar-refractivity contribution in [1.29, 1.82) is 0 Å². The Hall–Kier alpha value is -3.02. The van der Waals surface area contributed by atoms with Gasteiger partial charge in [0.05, 0.1) is 25.5 Å². The van der Waals surface area contributed by atoms with Gasteiger partial charge in [-0.2, -0.15) is 5.10 Å². The van der Waals surface area contributed by atoms with Crippen LogP contribution in [0.15, 0.2) is 47.6 Å². The zero-order valence-corrected chi connectivity index (χ0v) is 18.5. The van der Waals surface area contributed by atoms with Crippen molar-refractivity contribution in [2.75, 3.05) is 19.8 Å². The molecule has 2 aromatic rings. The van der Waals surface area contributed by atoms with Crippen LogP contribution in [0.5, 0.6) is 17.2 Å². The van der Waals surface area contributed by atoms with Gasteiger partial charge in [0, 0.05) is 5.56 Å². The van der Waals surface area contributed by atoms with Crippen LogP contribution in [0.4, 0.5) is 0 Å². The minimum atomic E-state index is -0.336. The molecule has 0 bridgehead atoms. The summed E-state index contributed by atoms with van der Waals surface area (Å²) < 4.78 is 17.1. The molecule has 0 fully saturated rings. The lowest BCUT2D eigenvalue weighted by molar-refractivity contribution is 0.0953. The Kier molecular flexibility index (Phi) is 9.19. The highest BCUT2D eigenvalue weighted by Gasteiger charge is 2.18. The van der Waals surface area contributed by atoms with Crippen LogP contribution in [-0.2, 0) is 0 Å². The van der Waals surface area contributed by atoms with Gasteiger partial charge in [-0.05, 0) is 50.8 Å². The predicted octanol–water partition coefficient (Wildman–Crippen LogP) is 5.06. The number of nitrogens with one attached hydrogen (secondary N) is 1. The van der Waals surface area contributed by atoms with Crippen LogP contribution < -0.4 is 19.6 Å². The summed E-state index contributed by atoms with van der Waals surface area (Å²) in [6.07, 6.45) is 0.752. The second-order valence-corrected chi connectivity index (χ2v) is 7.06. The van der Waals surface area contributed by atoms with Gasteiger partial charge in [-0.1, -0.05) is 44.2 Å². The standard InChI is InChI=1S/C24H32N2O4/c1-6-28-21-15-19(16-22(29-7-2)23(21)30-8-3)24(27)26-25-20(14-17(4)5)18-12-10-9-11-13-18/h9-13,15-17H,6-8,14H2,1-5H3,(H,26,27). The third-order valence-electron chi connectivity index (χ3n) is 4.17. The summed E-state index contributed by atoms with van der Waals surface area (Å²) in [5.41, 5.74) is 4.91. The maximum Gasteiger partial charge on any atom is 0.271 e. The maximum absolute atomic E-state index is 12.9. The number of ether oxygens (including phenoxy) is 3. The van der Waals surface area contributed by atoms with Gasteiger partial charge in [0.15, 0.2) is 11.5 Å². The lowest BCUT2D eigenvalue weighted by atomic mass is 10.0. The Morgan fingerprint density at radius 3 is 1.97 bits per heavy atom. The molecule has 0 aliphatic rings. The van der Waals surface area contributed by atoms with Gasteiger partial charge >= 0.3 is 0 Å². The molecule has 0 aromatic heterocycles. The molecule has 0 saturated heterocycles. The maximum atomic E-state index is 12.9. The number of nitrogens with zero attached hydrogens (tertiary/aromatic N) is 1. The molecule has 162 valence electrons. The Labute approximate surface area is 179 Å². The van der Waals surface area contributed by atoms with Gasteiger partial charge in [-0.3, -0.25) is 4.79 Å². The van der Waals surface area contributed by atoms with E-state index in [0.717, 1.165) is 17.7 Å². The van der Waals surface area contributed by atoms with E-state index in [0.29, 0.717) is 48.6 Å². The van der Waals surface area contributed by atoms with Gasteiger partial charge in [0.1, 0.15) is 0 Å². The third-order valence-corrected chi connectivity index (χ3v) is 4.17. The SMILES string of the molecule is CCOc1cc(C(=O)NN=C(CC(C)C)c2ccccc2)cc(OCC)c1OCC. The summed E-state index contributed by atoms with van der Waals surface area (Å²) in [5, 5.41) is 4.42. The van der Waals surface area contributed by atoms with Crippen LogP contribution in [0.25, 0.3) is 0 Å². The number of amides is 1. The highest BCUT2D eigenvalue weighted by molar-refractivity contribution is 6.02. The van der Waals surface area contributed by atoms with E-state index in [4.69, 9.17) is 14.2 Å². The molecule has 0 atom stereocenters. The molecule has 1 N–H and O–H groups in total. The van der Waals surface area contributed by atoms with Gasteiger partial charge < -0.3 is 14.2 Å². The van der Waals surface area contributed by atoms with Gasteiger partial charge in [-0.15, -0.1) is 0 Å². The number of hydrazone groups is 1. The van der Waals surface area contributed by atoms with Gasteiger partial charge in [0.25, 0.3) is 5.91 Å². The van der Waals surface area contributed by atoms with Crippen molar-refractivity contribution >= 4 is 11.6 Å². The number of hydrogen-bond acceptors (Lipinski definition) is 5. The molecule has 2 rings (SSSR count). The lowest BCUT2D eigenvalue weighted by Gasteiger charge is -2.17. The van der Waals surface area contributed by atoms with E-state index in [9.17, 15) is 4.79 Å². The lowest BCUT2D eigenvalue weighted by Crippen LogP contribution is -2.21. The largest absolute Gasteiger partial charge is 0.490 e. The number of hydrogen-bond donors (Lipinski definition) is 1. The summed E-state index contributed by atoms with van der Waals surface area (Å²) in [6, 6.07) is 13.2. The predicted molar refractivity (Wildman–Crippen MR) is 120 cm³/mol. The van der Waals surface area contributed by atoms with Crippen molar-refractivity contribution in [2.45, 2.75) is 41.0 Å². The van der Waals surface area contributed by atoms with E-state index in [-0.39, 0.29) is 5.91 Å². The smallest absolute Gasteiger partial charge is 0.271 e. The van der Waals surface area contributed by atoms with Crippen molar-refractivity contribution in [3.8, 4) is 17.2 Å². The van der Waals surface area contributed by atoms with Crippen molar-refractivity contribution in [1.82, 2.24) is 5.43 Å². The molecule has 0 aliphatic carbocycles. The normalized spacial score (nSPS) is 11.3. The summed E-state index contributed by atoms with van der Waals surface area (Å²) in [7, 11) is 0. The topological polar surface area (TPSA) is 69.2 Å². The third kappa shape index (κ3) is 6.51. The molecule has 30 heavy (non-hydrogen) atoms. The molecule has 0 unspecified atom stereocenters. The molecule has 0 heterocycles. The fraction of sp³-hybridized carbons (Fsp3) is 0.417. The van der Waals surface area contributed by atoms with Crippen molar-refractivity contribution in [2.24, 2.45) is 11.0 Å². The second kappa shape index (κ2) is 11.9. The number of rotatable bonds is 11. The zero-order chi connectivity index (χ0) is 21.9. The van der Waals surface area contributed by atoms with Crippen molar-refractivity contribution in [3.63, 3.8) is 0 Å². The first kappa shape index (κ1) is 23.3. The summed E-state index contributed by atoms with van der Waals surface area (Å²) in [5.74, 6) is 1.53. The first-order valence-corrected chi connectivity index (χ1v) is 10.5. The molecule has 0 aliphatic heterocycles. The minimum absolute atomic E-state index is 0.336. The van der Waals surface area contributed by atoms with E-state index < -0.39 is 0 Å². The first-order chi connectivity index (χ1) is 14.5.